The zero-order valence-corrected chi connectivity index (χ0v) is 16.1. The highest BCUT2D eigenvalue weighted by molar-refractivity contribution is 5.96. The summed E-state index contributed by atoms with van der Waals surface area (Å²) in [6.07, 6.45) is 1.56. The van der Waals surface area contributed by atoms with Crippen molar-refractivity contribution in [2.75, 3.05) is 26.8 Å². The summed E-state index contributed by atoms with van der Waals surface area (Å²) in [6, 6.07) is 14.8. The largest absolute Gasteiger partial charge is 0.497 e. The molecule has 0 aliphatic carbocycles. The SMILES string of the molecule is CCCNCC(O)COc1cccc(CCC(=O)c2ccc(OC)cc2)c1. The second-order valence-electron chi connectivity index (χ2n) is 6.47. The van der Waals surface area contributed by atoms with Crippen LogP contribution in [0.25, 0.3) is 0 Å². The van der Waals surface area contributed by atoms with E-state index in [0.717, 1.165) is 24.3 Å². The lowest BCUT2D eigenvalue weighted by Crippen LogP contribution is -2.31. The molecule has 2 N–H and O–H groups in total. The van der Waals surface area contributed by atoms with Gasteiger partial charge in [-0.3, -0.25) is 4.79 Å². The van der Waals surface area contributed by atoms with Gasteiger partial charge in [0.1, 0.15) is 24.2 Å². The van der Waals surface area contributed by atoms with Crippen molar-refractivity contribution in [1.29, 1.82) is 0 Å². The lowest BCUT2D eigenvalue weighted by molar-refractivity contribution is 0.0982. The Morgan fingerprint density at radius 1 is 1.15 bits per heavy atom. The summed E-state index contributed by atoms with van der Waals surface area (Å²) in [4.78, 5) is 12.3. The number of carbonyl (C=O) groups is 1. The zero-order chi connectivity index (χ0) is 19.5. The van der Waals surface area contributed by atoms with Crippen LogP contribution in [0, 0.1) is 0 Å². The number of methoxy groups -OCH3 is 1. The van der Waals surface area contributed by atoms with Crippen molar-refractivity contribution in [1.82, 2.24) is 5.32 Å². The smallest absolute Gasteiger partial charge is 0.163 e. The minimum Gasteiger partial charge on any atom is -0.497 e. The van der Waals surface area contributed by atoms with Gasteiger partial charge < -0.3 is 19.9 Å². The van der Waals surface area contributed by atoms with Gasteiger partial charge in [-0.05, 0) is 61.3 Å². The number of benzene rings is 2. The quantitative estimate of drug-likeness (QED) is 0.443. The normalized spacial score (nSPS) is 11.8. The van der Waals surface area contributed by atoms with E-state index in [0.29, 0.717) is 30.7 Å². The van der Waals surface area contributed by atoms with Crippen LogP contribution in [0.1, 0.15) is 35.7 Å². The molecule has 0 aliphatic rings. The van der Waals surface area contributed by atoms with Crippen molar-refractivity contribution < 1.29 is 19.4 Å². The number of nitrogens with one attached hydrogen (secondary N) is 1. The third-order valence-electron chi connectivity index (χ3n) is 4.20. The summed E-state index contributed by atoms with van der Waals surface area (Å²) < 4.78 is 10.8. The maximum atomic E-state index is 12.3. The average Bonchev–Trinajstić information content (AvgIpc) is 2.71. The van der Waals surface area contributed by atoms with Crippen LogP contribution in [0.3, 0.4) is 0 Å². The Kier molecular flexibility index (Phi) is 8.81. The summed E-state index contributed by atoms with van der Waals surface area (Å²) in [7, 11) is 1.60. The molecular weight excluding hydrogens is 342 g/mol. The van der Waals surface area contributed by atoms with Crippen LogP contribution in [-0.2, 0) is 6.42 Å². The first kappa shape index (κ1) is 20.9. The van der Waals surface area contributed by atoms with Crippen LogP contribution < -0.4 is 14.8 Å². The second-order valence-corrected chi connectivity index (χ2v) is 6.47. The first-order valence-corrected chi connectivity index (χ1v) is 9.40. The number of ether oxygens (including phenoxy) is 2. The molecule has 1 unspecified atom stereocenters. The summed E-state index contributed by atoms with van der Waals surface area (Å²) >= 11 is 0. The standard InChI is InChI=1S/C22H29NO4/c1-3-13-23-15-19(24)16-27-21-6-4-5-17(14-21)7-12-22(25)18-8-10-20(26-2)11-9-18/h4-6,8-11,14,19,23-24H,3,7,12-13,15-16H2,1-2H3. The average molecular weight is 371 g/mol. The highest BCUT2D eigenvalue weighted by Crippen LogP contribution is 2.17. The minimum atomic E-state index is -0.545. The lowest BCUT2D eigenvalue weighted by Gasteiger charge is -2.13. The molecule has 0 heterocycles. The molecule has 27 heavy (non-hydrogen) atoms. The van der Waals surface area contributed by atoms with E-state index < -0.39 is 6.10 Å². The lowest BCUT2D eigenvalue weighted by atomic mass is 10.0. The molecule has 2 rings (SSSR count). The third-order valence-corrected chi connectivity index (χ3v) is 4.20. The summed E-state index contributed by atoms with van der Waals surface area (Å²) in [5.41, 5.74) is 1.72. The van der Waals surface area contributed by atoms with E-state index in [1.165, 1.54) is 0 Å². The monoisotopic (exact) mass is 371 g/mol. The Bertz CT molecular complexity index is 700. The molecule has 2 aromatic rings. The van der Waals surface area contributed by atoms with Gasteiger partial charge in [0.15, 0.2) is 5.78 Å². The Morgan fingerprint density at radius 3 is 2.63 bits per heavy atom. The van der Waals surface area contributed by atoms with Gasteiger partial charge in [0.2, 0.25) is 0 Å². The predicted molar refractivity (Wildman–Crippen MR) is 107 cm³/mol. The number of aliphatic hydroxyl groups excluding tert-OH is 1. The third kappa shape index (κ3) is 7.41. The highest BCUT2D eigenvalue weighted by Gasteiger charge is 2.08. The van der Waals surface area contributed by atoms with Crippen molar-refractivity contribution in [3.63, 3.8) is 0 Å². The van der Waals surface area contributed by atoms with E-state index in [4.69, 9.17) is 9.47 Å². The van der Waals surface area contributed by atoms with Crippen LogP contribution in [0.5, 0.6) is 11.5 Å². The van der Waals surface area contributed by atoms with Gasteiger partial charge in [0, 0.05) is 18.5 Å². The van der Waals surface area contributed by atoms with Crippen molar-refractivity contribution in [2.45, 2.75) is 32.3 Å². The molecule has 5 nitrogen and oxygen atoms in total. The Morgan fingerprint density at radius 2 is 1.93 bits per heavy atom. The van der Waals surface area contributed by atoms with Crippen LogP contribution in [0.2, 0.25) is 0 Å². The zero-order valence-electron chi connectivity index (χ0n) is 16.1. The van der Waals surface area contributed by atoms with Crippen LogP contribution >= 0.6 is 0 Å². The fraction of sp³-hybridized carbons (Fsp3) is 0.409. The molecule has 0 fully saturated rings. The molecule has 146 valence electrons. The fourth-order valence-electron chi connectivity index (χ4n) is 2.67. The van der Waals surface area contributed by atoms with Gasteiger partial charge in [-0.15, -0.1) is 0 Å². The Labute approximate surface area is 161 Å². The molecule has 0 saturated heterocycles. The van der Waals surface area contributed by atoms with Crippen molar-refractivity contribution >= 4 is 5.78 Å². The number of aliphatic hydroxyl groups is 1. The number of Topliss-reactive ketones (excluding diaryl/α,β-unsaturated/α-hetero) is 1. The Balaban J connectivity index is 1.81. The van der Waals surface area contributed by atoms with Crippen molar-refractivity contribution in [3.8, 4) is 11.5 Å². The molecular formula is C22H29NO4. The number of rotatable bonds is 12. The molecule has 0 aromatic heterocycles. The van der Waals surface area contributed by atoms with Crippen LogP contribution in [0.15, 0.2) is 48.5 Å². The fourth-order valence-corrected chi connectivity index (χ4v) is 2.67. The number of carbonyl (C=O) groups excluding carboxylic acids is 1. The molecule has 0 bridgehead atoms. The van der Waals surface area contributed by atoms with Crippen LogP contribution in [0.4, 0.5) is 0 Å². The van der Waals surface area contributed by atoms with E-state index in [1.807, 2.05) is 24.3 Å². The highest BCUT2D eigenvalue weighted by atomic mass is 16.5. The first-order valence-electron chi connectivity index (χ1n) is 9.40. The van der Waals surface area contributed by atoms with Crippen molar-refractivity contribution in [3.05, 3.63) is 59.7 Å². The Hall–Kier alpha value is -2.37. The molecule has 0 amide bonds. The molecule has 0 aliphatic heterocycles. The minimum absolute atomic E-state index is 0.0985. The molecule has 1 atom stereocenters. The van der Waals surface area contributed by atoms with E-state index in [1.54, 1.807) is 31.4 Å². The second kappa shape index (κ2) is 11.4. The molecule has 2 aromatic carbocycles. The van der Waals surface area contributed by atoms with Gasteiger partial charge >= 0.3 is 0 Å². The molecule has 0 saturated carbocycles. The van der Waals surface area contributed by atoms with E-state index >= 15 is 0 Å². The maximum Gasteiger partial charge on any atom is 0.163 e. The topological polar surface area (TPSA) is 67.8 Å². The van der Waals surface area contributed by atoms with E-state index in [-0.39, 0.29) is 12.4 Å². The van der Waals surface area contributed by atoms with Gasteiger partial charge in [0.05, 0.1) is 7.11 Å². The number of aryl methyl sites for hydroxylation is 1. The van der Waals surface area contributed by atoms with E-state index in [9.17, 15) is 9.90 Å². The first-order chi connectivity index (χ1) is 13.1. The van der Waals surface area contributed by atoms with Crippen LogP contribution in [-0.4, -0.2) is 43.8 Å². The number of hydrogen-bond acceptors (Lipinski definition) is 5. The predicted octanol–water partition coefficient (Wildman–Crippen LogP) is 3.25. The van der Waals surface area contributed by atoms with Gasteiger partial charge in [-0.2, -0.15) is 0 Å². The molecule has 5 heteroatoms. The van der Waals surface area contributed by atoms with Gasteiger partial charge in [-0.25, -0.2) is 0 Å². The maximum absolute atomic E-state index is 12.3. The van der Waals surface area contributed by atoms with Crippen molar-refractivity contribution in [2.24, 2.45) is 0 Å². The summed E-state index contributed by atoms with van der Waals surface area (Å²) in [5, 5.41) is 13.1. The summed E-state index contributed by atoms with van der Waals surface area (Å²) in [5.74, 6) is 1.55. The summed E-state index contributed by atoms with van der Waals surface area (Å²) in [6.45, 7) is 3.73. The number of hydrogen-bond donors (Lipinski definition) is 2. The van der Waals surface area contributed by atoms with Gasteiger partial charge in [0.25, 0.3) is 0 Å². The van der Waals surface area contributed by atoms with Gasteiger partial charge in [-0.1, -0.05) is 19.1 Å². The molecule has 0 radical (unpaired) electrons. The number of ketones is 1. The molecule has 0 spiro atoms. The van der Waals surface area contributed by atoms with E-state index in [2.05, 4.69) is 12.2 Å².